The SMILES string of the molecule is CC1NC(=O)CC1c1ccc(C2CC2)cc1. The van der Waals surface area contributed by atoms with E-state index in [1.165, 1.54) is 24.0 Å². The Bertz CT molecular complexity index is 405. The summed E-state index contributed by atoms with van der Waals surface area (Å²) in [7, 11) is 0. The molecule has 1 N–H and O–H groups in total. The van der Waals surface area contributed by atoms with Crippen molar-refractivity contribution >= 4 is 5.91 Å². The lowest BCUT2D eigenvalue weighted by atomic mass is 9.92. The topological polar surface area (TPSA) is 29.1 Å². The van der Waals surface area contributed by atoms with Crippen LogP contribution in [0.15, 0.2) is 24.3 Å². The van der Waals surface area contributed by atoms with E-state index in [0.717, 1.165) is 5.92 Å². The van der Waals surface area contributed by atoms with Crippen LogP contribution in [0.5, 0.6) is 0 Å². The minimum absolute atomic E-state index is 0.184. The van der Waals surface area contributed by atoms with Gasteiger partial charge in [-0.3, -0.25) is 4.79 Å². The molecule has 0 spiro atoms. The summed E-state index contributed by atoms with van der Waals surface area (Å²) in [4.78, 5) is 11.3. The summed E-state index contributed by atoms with van der Waals surface area (Å²) in [5, 5.41) is 2.98. The fourth-order valence-electron chi connectivity index (χ4n) is 2.63. The average molecular weight is 215 g/mol. The zero-order chi connectivity index (χ0) is 11.1. The molecule has 1 aromatic carbocycles. The van der Waals surface area contributed by atoms with Gasteiger partial charge >= 0.3 is 0 Å². The second-order valence-electron chi connectivity index (χ2n) is 5.11. The fourth-order valence-corrected chi connectivity index (χ4v) is 2.63. The normalized spacial score (nSPS) is 29.2. The minimum atomic E-state index is 0.184. The van der Waals surface area contributed by atoms with Crippen LogP contribution >= 0.6 is 0 Å². The van der Waals surface area contributed by atoms with E-state index in [1.807, 2.05) is 0 Å². The highest BCUT2D eigenvalue weighted by Gasteiger charge is 2.30. The Labute approximate surface area is 96.1 Å². The number of carbonyl (C=O) groups is 1. The van der Waals surface area contributed by atoms with E-state index in [4.69, 9.17) is 0 Å². The molecule has 1 saturated heterocycles. The van der Waals surface area contributed by atoms with Crippen molar-refractivity contribution < 1.29 is 4.79 Å². The molecule has 2 atom stereocenters. The Kier molecular flexibility index (Phi) is 2.23. The summed E-state index contributed by atoms with van der Waals surface area (Å²) >= 11 is 0. The summed E-state index contributed by atoms with van der Waals surface area (Å²) < 4.78 is 0. The van der Waals surface area contributed by atoms with E-state index >= 15 is 0 Å². The largest absolute Gasteiger partial charge is 0.353 e. The molecule has 1 aromatic rings. The lowest BCUT2D eigenvalue weighted by Crippen LogP contribution is -2.24. The molecule has 1 aliphatic heterocycles. The Hall–Kier alpha value is -1.31. The molecule has 2 unspecified atom stereocenters. The van der Waals surface area contributed by atoms with Gasteiger partial charge in [0.1, 0.15) is 0 Å². The molecule has 0 aromatic heterocycles. The second kappa shape index (κ2) is 3.62. The van der Waals surface area contributed by atoms with Crippen molar-refractivity contribution in [2.45, 2.75) is 44.1 Å². The van der Waals surface area contributed by atoms with Crippen LogP contribution in [0, 0.1) is 0 Å². The number of nitrogens with one attached hydrogen (secondary N) is 1. The Morgan fingerprint density at radius 2 is 1.75 bits per heavy atom. The van der Waals surface area contributed by atoms with Gasteiger partial charge in [0, 0.05) is 18.4 Å². The lowest BCUT2D eigenvalue weighted by Gasteiger charge is -2.14. The highest BCUT2D eigenvalue weighted by molar-refractivity contribution is 5.80. The van der Waals surface area contributed by atoms with Gasteiger partial charge < -0.3 is 5.32 Å². The van der Waals surface area contributed by atoms with Gasteiger partial charge in [-0.1, -0.05) is 24.3 Å². The van der Waals surface area contributed by atoms with E-state index < -0.39 is 0 Å². The number of rotatable bonds is 2. The molecular formula is C14H17NO. The standard InChI is InChI=1S/C14H17NO/c1-9-13(8-14(16)15-9)12-6-4-11(5-7-12)10-2-3-10/h4-7,9-10,13H,2-3,8H2,1H3,(H,15,16). The molecule has 16 heavy (non-hydrogen) atoms. The first-order chi connectivity index (χ1) is 7.74. The first kappa shape index (κ1) is 9.88. The number of hydrogen-bond donors (Lipinski definition) is 1. The monoisotopic (exact) mass is 215 g/mol. The predicted octanol–water partition coefficient (Wildman–Crippen LogP) is 2.56. The average Bonchev–Trinajstić information content (AvgIpc) is 3.05. The van der Waals surface area contributed by atoms with Gasteiger partial charge in [0.2, 0.25) is 5.91 Å². The molecular weight excluding hydrogens is 198 g/mol. The van der Waals surface area contributed by atoms with Gasteiger partial charge in [0.15, 0.2) is 0 Å². The first-order valence-corrected chi connectivity index (χ1v) is 6.13. The van der Waals surface area contributed by atoms with Crippen LogP contribution in [0.1, 0.15) is 49.1 Å². The van der Waals surface area contributed by atoms with Crippen LogP contribution in [0.4, 0.5) is 0 Å². The summed E-state index contributed by atoms with van der Waals surface area (Å²) in [6, 6.07) is 9.16. The van der Waals surface area contributed by atoms with E-state index in [-0.39, 0.29) is 11.9 Å². The second-order valence-corrected chi connectivity index (χ2v) is 5.11. The van der Waals surface area contributed by atoms with Crippen LogP contribution in [-0.4, -0.2) is 11.9 Å². The maximum absolute atomic E-state index is 11.3. The third-order valence-electron chi connectivity index (χ3n) is 3.81. The van der Waals surface area contributed by atoms with Crippen LogP contribution in [-0.2, 0) is 4.79 Å². The molecule has 1 amide bonds. The predicted molar refractivity (Wildman–Crippen MR) is 63.4 cm³/mol. The van der Waals surface area contributed by atoms with Crippen molar-refractivity contribution in [3.63, 3.8) is 0 Å². The van der Waals surface area contributed by atoms with Crippen molar-refractivity contribution in [1.29, 1.82) is 0 Å². The molecule has 2 aliphatic rings. The van der Waals surface area contributed by atoms with E-state index in [1.54, 1.807) is 0 Å². The molecule has 0 bridgehead atoms. The highest BCUT2D eigenvalue weighted by Crippen LogP contribution is 2.40. The molecule has 2 fully saturated rings. The molecule has 3 rings (SSSR count). The molecule has 84 valence electrons. The third-order valence-corrected chi connectivity index (χ3v) is 3.81. The Morgan fingerprint density at radius 1 is 1.12 bits per heavy atom. The van der Waals surface area contributed by atoms with Crippen LogP contribution in [0.3, 0.4) is 0 Å². The quantitative estimate of drug-likeness (QED) is 0.807. The van der Waals surface area contributed by atoms with Crippen molar-refractivity contribution in [1.82, 2.24) is 5.32 Å². The number of carbonyl (C=O) groups excluding carboxylic acids is 1. The van der Waals surface area contributed by atoms with Gasteiger partial charge in [-0.2, -0.15) is 0 Å². The molecule has 0 radical (unpaired) electrons. The van der Waals surface area contributed by atoms with Crippen LogP contribution in [0.25, 0.3) is 0 Å². The van der Waals surface area contributed by atoms with Crippen LogP contribution in [0.2, 0.25) is 0 Å². The van der Waals surface area contributed by atoms with Gasteiger partial charge in [-0.05, 0) is 36.8 Å². The third kappa shape index (κ3) is 1.73. The van der Waals surface area contributed by atoms with E-state index in [2.05, 4.69) is 36.5 Å². The summed E-state index contributed by atoms with van der Waals surface area (Å²) in [6.07, 6.45) is 3.34. The molecule has 2 nitrogen and oxygen atoms in total. The molecule has 2 heteroatoms. The smallest absolute Gasteiger partial charge is 0.220 e. The van der Waals surface area contributed by atoms with E-state index in [0.29, 0.717) is 12.3 Å². The first-order valence-electron chi connectivity index (χ1n) is 6.13. The minimum Gasteiger partial charge on any atom is -0.353 e. The molecule has 1 aliphatic carbocycles. The molecule has 1 heterocycles. The van der Waals surface area contributed by atoms with Gasteiger partial charge in [-0.25, -0.2) is 0 Å². The van der Waals surface area contributed by atoms with Gasteiger partial charge in [0.25, 0.3) is 0 Å². The Morgan fingerprint density at radius 3 is 2.25 bits per heavy atom. The number of hydrogen-bond acceptors (Lipinski definition) is 1. The van der Waals surface area contributed by atoms with Crippen molar-refractivity contribution in [3.05, 3.63) is 35.4 Å². The van der Waals surface area contributed by atoms with Crippen molar-refractivity contribution in [2.75, 3.05) is 0 Å². The highest BCUT2D eigenvalue weighted by atomic mass is 16.1. The summed E-state index contributed by atoms with van der Waals surface area (Å²) in [6.45, 7) is 2.09. The fraction of sp³-hybridized carbons (Fsp3) is 0.500. The Balaban J connectivity index is 1.81. The maximum Gasteiger partial charge on any atom is 0.220 e. The van der Waals surface area contributed by atoms with Crippen molar-refractivity contribution in [2.24, 2.45) is 0 Å². The lowest BCUT2D eigenvalue weighted by molar-refractivity contribution is -0.119. The van der Waals surface area contributed by atoms with Gasteiger partial charge in [-0.15, -0.1) is 0 Å². The number of amides is 1. The van der Waals surface area contributed by atoms with E-state index in [9.17, 15) is 4.79 Å². The summed E-state index contributed by atoms with van der Waals surface area (Å²) in [5.74, 6) is 1.36. The number of benzene rings is 1. The zero-order valence-corrected chi connectivity index (χ0v) is 9.57. The van der Waals surface area contributed by atoms with Gasteiger partial charge in [0.05, 0.1) is 0 Å². The van der Waals surface area contributed by atoms with Crippen molar-refractivity contribution in [3.8, 4) is 0 Å². The molecule has 1 saturated carbocycles. The maximum atomic E-state index is 11.3. The zero-order valence-electron chi connectivity index (χ0n) is 9.57. The summed E-state index contributed by atoms with van der Waals surface area (Å²) in [5.41, 5.74) is 2.77. The van der Waals surface area contributed by atoms with Crippen LogP contribution < -0.4 is 5.32 Å².